The molecule has 1 saturated heterocycles. The van der Waals surface area contributed by atoms with Crippen molar-refractivity contribution < 1.29 is 9.47 Å². The van der Waals surface area contributed by atoms with Gasteiger partial charge in [-0.05, 0) is 26.7 Å². The van der Waals surface area contributed by atoms with Crippen molar-refractivity contribution in [1.82, 2.24) is 0 Å². The highest BCUT2D eigenvalue weighted by molar-refractivity contribution is 4.74. The highest BCUT2D eigenvalue weighted by Gasteiger charge is 2.25. The first-order valence-electron chi connectivity index (χ1n) is 3.92. The van der Waals surface area contributed by atoms with Crippen molar-refractivity contribution in [3.63, 3.8) is 0 Å². The topological polar surface area (TPSA) is 18.5 Å². The second-order valence-corrected chi connectivity index (χ2v) is 3.00. The maximum Gasteiger partial charge on any atom is 0.0831 e. The number of rotatable bonds is 1. The Morgan fingerprint density at radius 3 is 2.50 bits per heavy atom. The summed E-state index contributed by atoms with van der Waals surface area (Å²) >= 11 is 0. The van der Waals surface area contributed by atoms with Crippen molar-refractivity contribution in [2.45, 2.75) is 45.0 Å². The summed E-state index contributed by atoms with van der Waals surface area (Å²) in [5.41, 5.74) is 0. The molecular weight excluding hydrogens is 128 g/mol. The zero-order valence-corrected chi connectivity index (χ0v) is 6.96. The molecule has 1 rings (SSSR count). The van der Waals surface area contributed by atoms with E-state index in [1.54, 1.807) is 7.11 Å². The van der Waals surface area contributed by atoms with Crippen molar-refractivity contribution in [3.8, 4) is 0 Å². The molecule has 0 aromatic rings. The Balaban J connectivity index is 2.36. The molecule has 1 heterocycles. The lowest BCUT2D eigenvalue weighted by atomic mass is 10.0. The molecule has 1 aliphatic heterocycles. The molecule has 0 radical (unpaired) electrons. The Kier molecular flexibility index (Phi) is 2.69. The van der Waals surface area contributed by atoms with E-state index >= 15 is 0 Å². The van der Waals surface area contributed by atoms with Gasteiger partial charge in [0.15, 0.2) is 0 Å². The van der Waals surface area contributed by atoms with E-state index in [-0.39, 0.29) is 6.10 Å². The number of hydrogen-bond donors (Lipinski definition) is 0. The Labute approximate surface area is 62.5 Å². The largest absolute Gasteiger partial charge is 0.379 e. The van der Waals surface area contributed by atoms with Crippen molar-refractivity contribution in [2.75, 3.05) is 7.11 Å². The van der Waals surface area contributed by atoms with E-state index < -0.39 is 0 Å². The van der Waals surface area contributed by atoms with Crippen LogP contribution in [0.15, 0.2) is 0 Å². The monoisotopic (exact) mass is 144 g/mol. The van der Waals surface area contributed by atoms with Gasteiger partial charge in [0.05, 0.1) is 18.3 Å². The molecule has 60 valence electrons. The maximum atomic E-state index is 5.56. The summed E-state index contributed by atoms with van der Waals surface area (Å²) < 4.78 is 10.8. The maximum absolute atomic E-state index is 5.56. The van der Waals surface area contributed by atoms with Crippen molar-refractivity contribution in [2.24, 2.45) is 0 Å². The fourth-order valence-corrected chi connectivity index (χ4v) is 1.47. The first-order chi connectivity index (χ1) is 4.74. The molecule has 2 heteroatoms. The Morgan fingerprint density at radius 2 is 2.00 bits per heavy atom. The summed E-state index contributed by atoms with van der Waals surface area (Å²) in [4.78, 5) is 0. The van der Waals surface area contributed by atoms with Crippen LogP contribution in [-0.4, -0.2) is 25.4 Å². The number of ether oxygens (including phenoxy) is 2. The average molecular weight is 144 g/mol. The summed E-state index contributed by atoms with van der Waals surface area (Å²) in [5, 5.41) is 0. The minimum atomic E-state index is 0.272. The van der Waals surface area contributed by atoms with Gasteiger partial charge in [-0.15, -0.1) is 0 Å². The van der Waals surface area contributed by atoms with Gasteiger partial charge in [0.2, 0.25) is 0 Å². The van der Waals surface area contributed by atoms with Crippen LogP contribution in [0.25, 0.3) is 0 Å². The average Bonchev–Trinajstić information content (AvgIpc) is 1.88. The lowest BCUT2D eigenvalue weighted by Crippen LogP contribution is -2.36. The lowest BCUT2D eigenvalue weighted by Gasteiger charge is -2.31. The fourth-order valence-electron chi connectivity index (χ4n) is 1.47. The van der Waals surface area contributed by atoms with Gasteiger partial charge < -0.3 is 9.47 Å². The highest BCUT2D eigenvalue weighted by Crippen LogP contribution is 2.20. The van der Waals surface area contributed by atoms with E-state index in [0.717, 1.165) is 12.8 Å². The van der Waals surface area contributed by atoms with Crippen LogP contribution in [0, 0.1) is 0 Å². The van der Waals surface area contributed by atoms with Gasteiger partial charge in [0, 0.05) is 7.11 Å². The molecule has 2 nitrogen and oxygen atoms in total. The standard InChI is InChI=1S/C8H16O2/c1-6-4-5-8(9-3)7(2)10-6/h6-8H,4-5H2,1-3H3. The Bertz CT molecular complexity index is 103. The van der Waals surface area contributed by atoms with Crippen LogP contribution in [0.3, 0.4) is 0 Å². The summed E-state index contributed by atoms with van der Waals surface area (Å²) in [5.74, 6) is 0. The third-order valence-corrected chi connectivity index (χ3v) is 2.13. The second kappa shape index (κ2) is 3.35. The molecule has 10 heavy (non-hydrogen) atoms. The minimum Gasteiger partial charge on any atom is -0.379 e. The van der Waals surface area contributed by atoms with Crippen LogP contribution < -0.4 is 0 Å². The summed E-state index contributed by atoms with van der Waals surface area (Å²) in [6, 6.07) is 0. The predicted octanol–water partition coefficient (Wildman–Crippen LogP) is 1.59. The molecule has 0 amide bonds. The first kappa shape index (κ1) is 8.02. The third kappa shape index (κ3) is 1.70. The van der Waals surface area contributed by atoms with Crippen LogP contribution in [0.4, 0.5) is 0 Å². The molecule has 0 N–H and O–H groups in total. The van der Waals surface area contributed by atoms with Gasteiger partial charge in [0.1, 0.15) is 0 Å². The third-order valence-electron chi connectivity index (χ3n) is 2.13. The SMILES string of the molecule is COC1CCC(C)OC1C. The smallest absolute Gasteiger partial charge is 0.0831 e. The molecule has 0 saturated carbocycles. The molecule has 0 bridgehead atoms. The zero-order valence-electron chi connectivity index (χ0n) is 6.96. The quantitative estimate of drug-likeness (QED) is 0.556. The summed E-state index contributed by atoms with van der Waals surface area (Å²) in [6.45, 7) is 4.19. The van der Waals surface area contributed by atoms with Gasteiger partial charge >= 0.3 is 0 Å². The van der Waals surface area contributed by atoms with Crippen LogP contribution in [0.5, 0.6) is 0 Å². The molecule has 3 unspecified atom stereocenters. The van der Waals surface area contributed by atoms with E-state index in [1.807, 2.05) is 0 Å². The van der Waals surface area contributed by atoms with Crippen LogP contribution >= 0.6 is 0 Å². The zero-order chi connectivity index (χ0) is 7.56. The van der Waals surface area contributed by atoms with Gasteiger partial charge in [-0.1, -0.05) is 0 Å². The van der Waals surface area contributed by atoms with E-state index in [1.165, 1.54) is 0 Å². The van der Waals surface area contributed by atoms with Gasteiger partial charge in [-0.3, -0.25) is 0 Å². The van der Waals surface area contributed by atoms with E-state index in [4.69, 9.17) is 9.47 Å². The molecule has 0 aromatic heterocycles. The Morgan fingerprint density at radius 1 is 1.30 bits per heavy atom. The van der Waals surface area contributed by atoms with Gasteiger partial charge in [-0.2, -0.15) is 0 Å². The summed E-state index contributed by atoms with van der Waals surface area (Å²) in [6.07, 6.45) is 3.27. The lowest BCUT2D eigenvalue weighted by molar-refractivity contribution is -0.114. The molecule has 0 spiro atoms. The van der Waals surface area contributed by atoms with E-state index in [9.17, 15) is 0 Å². The molecule has 0 aromatic carbocycles. The molecule has 3 atom stereocenters. The van der Waals surface area contributed by atoms with Gasteiger partial charge in [-0.25, -0.2) is 0 Å². The van der Waals surface area contributed by atoms with Crippen LogP contribution in [-0.2, 0) is 9.47 Å². The first-order valence-corrected chi connectivity index (χ1v) is 3.92. The highest BCUT2D eigenvalue weighted by atomic mass is 16.5. The van der Waals surface area contributed by atoms with Crippen molar-refractivity contribution in [3.05, 3.63) is 0 Å². The second-order valence-electron chi connectivity index (χ2n) is 3.00. The van der Waals surface area contributed by atoms with Crippen molar-refractivity contribution in [1.29, 1.82) is 0 Å². The fraction of sp³-hybridized carbons (Fsp3) is 1.00. The normalized spacial score (nSPS) is 41.7. The minimum absolute atomic E-state index is 0.272. The van der Waals surface area contributed by atoms with Crippen molar-refractivity contribution >= 4 is 0 Å². The molecular formula is C8H16O2. The van der Waals surface area contributed by atoms with E-state index in [0.29, 0.717) is 12.2 Å². The number of methoxy groups -OCH3 is 1. The molecule has 1 fully saturated rings. The van der Waals surface area contributed by atoms with E-state index in [2.05, 4.69) is 13.8 Å². The van der Waals surface area contributed by atoms with Crippen LogP contribution in [0.1, 0.15) is 26.7 Å². The molecule has 1 aliphatic rings. The predicted molar refractivity (Wildman–Crippen MR) is 40.0 cm³/mol. The Hall–Kier alpha value is -0.0800. The van der Waals surface area contributed by atoms with Crippen LogP contribution in [0.2, 0.25) is 0 Å². The molecule has 0 aliphatic carbocycles. The van der Waals surface area contributed by atoms with Gasteiger partial charge in [0.25, 0.3) is 0 Å². The summed E-state index contributed by atoms with van der Waals surface area (Å²) in [7, 11) is 1.75. The number of hydrogen-bond acceptors (Lipinski definition) is 2.